The molecule has 9 nitrogen and oxygen atoms in total. The van der Waals surface area contributed by atoms with Crippen LogP contribution in [-0.2, 0) is 14.4 Å². The number of nitrogens with one attached hydrogen (secondary N) is 2. The van der Waals surface area contributed by atoms with E-state index in [-0.39, 0.29) is 24.0 Å². The molecule has 3 N–H and O–H groups in total. The molecule has 5 aliphatic carbocycles. The van der Waals surface area contributed by atoms with Crippen LogP contribution in [0.2, 0.25) is 0 Å². The van der Waals surface area contributed by atoms with E-state index < -0.39 is 17.8 Å². The largest absolute Gasteiger partial charge is 0.481 e. The summed E-state index contributed by atoms with van der Waals surface area (Å²) in [7, 11) is 0. The molecule has 4 bridgehead atoms. The molecule has 1 aliphatic heterocycles. The molecule has 2 amide bonds. The first-order valence-corrected chi connectivity index (χ1v) is 13.7. The molecule has 0 unspecified atom stereocenters. The van der Waals surface area contributed by atoms with E-state index in [9.17, 15) is 19.5 Å². The van der Waals surface area contributed by atoms with E-state index in [0.29, 0.717) is 47.7 Å². The molecule has 0 spiro atoms. The molecular weight excluding hydrogens is 486 g/mol. The number of carboxylic acids is 1. The number of carbonyl (C=O) groups excluding carboxylic acids is 2. The molecule has 202 valence electrons. The number of carboxylic acid groups (broad SMARTS) is 1. The van der Waals surface area contributed by atoms with Crippen molar-refractivity contribution in [3.05, 3.63) is 29.8 Å². The first-order valence-electron chi connectivity index (χ1n) is 13.7. The minimum absolute atomic E-state index is 0.0681. The van der Waals surface area contributed by atoms with Crippen LogP contribution in [0.15, 0.2) is 29.4 Å². The summed E-state index contributed by atoms with van der Waals surface area (Å²) in [6.07, 6.45) is 12.3. The molecule has 4 fully saturated rings. The molecule has 1 heterocycles. The van der Waals surface area contributed by atoms with Gasteiger partial charge in [0.05, 0.1) is 23.2 Å². The Kier molecular flexibility index (Phi) is 6.40. The van der Waals surface area contributed by atoms with E-state index in [1.165, 1.54) is 19.3 Å². The maximum Gasteiger partial charge on any atom is 0.307 e. The highest BCUT2D eigenvalue weighted by molar-refractivity contribution is 6.08. The van der Waals surface area contributed by atoms with Crippen LogP contribution in [0.25, 0.3) is 0 Å². The normalized spacial score (nSPS) is 32.8. The number of rotatable bonds is 7. The lowest BCUT2D eigenvalue weighted by molar-refractivity contribution is -0.146. The smallest absolute Gasteiger partial charge is 0.307 e. The Balaban J connectivity index is 1.18. The molecule has 0 aromatic heterocycles. The average molecular weight is 522 g/mol. The van der Waals surface area contributed by atoms with Crippen molar-refractivity contribution in [3.63, 3.8) is 0 Å². The van der Waals surface area contributed by atoms with Gasteiger partial charge in [-0.25, -0.2) is 5.43 Å². The van der Waals surface area contributed by atoms with Crippen LogP contribution in [0.4, 0.5) is 5.69 Å². The highest BCUT2D eigenvalue weighted by Gasteiger charge is 2.51. The maximum absolute atomic E-state index is 13.2. The second kappa shape index (κ2) is 9.75. The van der Waals surface area contributed by atoms with E-state index in [0.717, 1.165) is 37.0 Å². The number of hydrogen-bond acceptors (Lipinski definition) is 6. The van der Waals surface area contributed by atoms with Gasteiger partial charge in [0, 0.05) is 18.1 Å². The Morgan fingerprint density at radius 3 is 2.21 bits per heavy atom. The zero-order valence-corrected chi connectivity index (χ0v) is 21.7. The van der Waals surface area contributed by atoms with Crippen molar-refractivity contribution < 1.29 is 29.0 Å². The number of hydrazone groups is 1. The van der Waals surface area contributed by atoms with Crippen LogP contribution in [-0.4, -0.2) is 35.4 Å². The van der Waals surface area contributed by atoms with E-state index in [2.05, 4.69) is 15.8 Å². The summed E-state index contributed by atoms with van der Waals surface area (Å²) in [6, 6.07) is 3.40. The van der Waals surface area contributed by atoms with Gasteiger partial charge in [-0.15, -0.1) is 0 Å². The van der Waals surface area contributed by atoms with Crippen molar-refractivity contribution in [2.45, 2.75) is 64.7 Å². The van der Waals surface area contributed by atoms with Gasteiger partial charge in [0.2, 0.25) is 18.6 Å². The number of fused-ring (bicyclic) bond motifs is 1. The van der Waals surface area contributed by atoms with Gasteiger partial charge in [-0.2, -0.15) is 5.10 Å². The van der Waals surface area contributed by atoms with Gasteiger partial charge in [0.15, 0.2) is 11.5 Å². The third-order valence-corrected chi connectivity index (χ3v) is 9.30. The second-order valence-corrected chi connectivity index (χ2v) is 12.1. The molecule has 9 heteroatoms. The van der Waals surface area contributed by atoms with Crippen molar-refractivity contribution >= 4 is 29.2 Å². The number of anilines is 1. The Morgan fingerprint density at radius 2 is 1.58 bits per heavy atom. The van der Waals surface area contributed by atoms with Crippen LogP contribution in [0.5, 0.6) is 11.5 Å². The highest BCUT2D eigenvalue weighted by Crippen LogP contribution is 2.61. The number of ether oxygens (including phenoxy) is 2. The fraction of sp³-hybridized carbons (Fsp3) is 0.586. The van der Waals surface area contributed by atoms with Crippen LogP contribution >= 0.6 is 0 Å². The Morgan fingerprint density at radius 1 is 0.974 bits per heavy atom. The van der Waals surface area contributed by atoms with Gasteiger partial charge in [0.25, 0.3) is 0 Å². The van der Waals surface area contributed by atoms with Crippen molar-refractivity contribution in [2.75, 3.05) is 12.1 Å². The van der Waals surface area contributed by atoms with Crippen molar-refractivity contribution in [1.82, 2.24) is 5.43 Å². The lowest BCUT2D eigenvalue weighted by Gasteiger charge is -2.56. The van der Waals surface area contributed by atoms with Gasteiger partial charge >= 0.3 is 5.97 Å². The fourth-order valence-corrected chi connectivity index (χ4v) is 8.04. The molecule has 1 aromatic rings. The zero-order chi connectivity index (χ0) is 26.4. The predicted octanol–water partition coefficient (Wildman–Crippen LogP) is 4.47. The predicted molar refractivity (Wildman–Crippen MR) is 140 cm³/mol. The minimum atomic E-state index is -0.986. The summed E-state index contributed by atoms with van der Waals surface area (Å²) in [5, 5.41) is 16.9. The number of hydrogen-bond donors (Lipinski definition) is 3. The molecule has 0 radical (unpaired) electrons. The van der Waals surface area contributed by atoms with Gasteiger partial charge in [-0.05, 0) is 87.5 Å². The molecule has 38 heavy (non-hydrogen) atoms. The van der Waals surface area contributed by atoms with Crippen molar-refractivity contribution in [2.24, 2.45) is 40.1 Å². The van der Waals surface area contributed by atoms with E-state index >= 15 is 0 Å². The van der Waals surface area contributed by atoms with Crippen molar-refractivity contribution in [1.29, 1.82) is 0 Å². The molecule has 0 saturated heterocycles. The van der Waals surface area contributed by atoms with E-state index in [1.54, 1.807) is 25.1 Å². The minimum Gasteiger partial charge on any atom is -0.481 e. The topological polar surface area (TPSA) is 126 Å². The lowest BCUT2D eigenvalue weighted by Crippen LogP contribution is -2.47. The fourth-order valence-electron chi connectivity index (χ4n) is 8.04. The van der Waals surface area contributed by atoms with E-state index in [4.69, 9.17) is 9.47 Å². The van der Waals surface area contributed by atoms with Gasteiger partial charge < -0.3 is 19.9 Å². The third-order valence-electron chi connectivity index (χ3n) is 9.30. The molecular formula is C29H35N3O6. The van der Waals surface area contributed by atoms with Gasteiger partial charge in [-0.1, -0.05) is 12.2 Å². The number of aliphatic carboxylic acids is 1. The first-order chi connectivity index (χ1) is 18.3. The Hall–Kier alpha value is -3.36. The molecule has 7 rings (SSSR count). The number of benzene rings is 1. The van der Waals surface area contributed by atoms with Gasteiger partial charge in [0.1, 0.15) is 0 Å². The third kappa shape index (κ3) is 4.78. The number of amides is 2. The molecule has 1 aromatic carbocycles. The number of allylic oxidation sites excluding steroid dienone is 2. The second-order valence-electron chi connectivity index (χ2n) is 12.1. The van der Waals surface area contributed by atoms with Gasteiger partial charge in [-0.3, -0.25) is 14.4 Å². The summed E-state index contributed by atoms with van der Waals surface area (Å²) in [5.74, 6) is 0.441. The summed E-state index contributed by atoms with van der Waals surface area (Å²) in [6.45, 7) is 1.83. The van der Waals surface area contributed by atoms with Crippen LogP contribution in [0.3, 0.4) is 0 Å². The molecule has 4 saturated carbocycles. The average Bonchev–Trinajstić information content (AvgIpc) is 3.33. The Labute approximate surface area is 222 Å². The van der Waals surface area contributed by atoms with Crippen LogP contribution in [0.1, 0.15) is 70.3 Å². The summed E-state index contributed by atoms with van der Waals surface area (Å²) < 4.78 is 11.0. The SMILES string of the molecule is C/C(=N/NC(=O)CC12CC3CC(CC(C3)C1)C2)c1cc2c(cc1NC(=O)[C@@H]1CC=CC[C@@H]1C(=O)O)OCO2. The standard InChI is InChI=1S/C29H35N3O6/c1-16(31-32-26(33)14-29-11-17-6-18(12-29)8-19(7-17)13-29)22-9-24-25(38-15-37-24)10-23(22)30-27(34)20-4-2-3-5-21(20)28(35)36/h2-3,9-10,17-21H,4-8,11-15H2,1H3,(H,30,34)(H,32,33)(H,35,36)/b31-16-/t17?,18?,19?,20-,21+,29?/m1/s1. The maximum atomic E-state index is 13.2. The summed E-state index contributed by atoms with van der Waals surface area (Å²) in [5.41, 5.74) is 4.42. The highest BCUT2D eigenvalue weighted by atomic mass is 16.7. The molecule has 6 aliphatic rings. The van der Waals surface area contributed by atoms with Crippen LogP contribution < -0.4 is 20.2 Å². The Bertz CT molecular complexity index is 1190. The zero-order valence-electron chi connectivity index (χ0n) is 21.7. The number of carbonyl (C=O) groups is 3. The summed E-state index contributed by atoms with van der Waals surface area (Å²) >= 11 is 0. The first kappa shape index (κ1) is 24.9. The quantitative estimate of drug-likeness (QED) is 0.276. The van der Waals surface area contributed by atoms with Crippen LogP contribution in [0, 0.1) is 35.0 Å². The summed E-state index contributed by atoms with van der Waals surface area (Å²) in [4.78, 5) is 37.9. The van der Waals surface area contributed by atoms with Crippen molar-refractivity contribution in [3.8, 4) is 11.5 Å². The van der Waals surface area contributed by atoms with E-state index in [1.807, 2.05) is 6.08 Å². The lowest BCUT2D eigenvalue weighted by atomic mass is 9.49. The monoisotopic (exact) mass is 521 g/mol. The number of nitrogens with zero attached hydrogens (tertiary/aromatic N) is 1. The molecule has 2 atom stereocenters.